The zero-order valence-electron chi connectivity index (χ0n) is 11.7. The van der Waals surface area contributed by atoms with E-state index in [4.69, 9.17) is 0 Å². The standard InChI is InChI=1S/C15H24N2S/c1-14(2)11-4-6-15(14,3)12(10-11)16-7-5-13-17-8-9-18-13/h8-9,11-12,16H,4-7,10H2,1-3H3. The molecule has 3 rings (SSSR count). The van der Waals surface area contributed by atoms with Crippen LogP contribution < -0.4 is 5.32 Å². The van der Waals surface area contributed by atoms with Crippen LogP contribution in [0, 0.1) is 16.7 Å². The molecule has 0 radical (unpaired) electrons. The number of hydrogen-bond donors (Lipinski definition) is 1. The molecule has 2 fully saturated rings. The van der Waals surface area contributed by atoms with Crippen molar-refractivity contribution in [3.63, 3.8) is 0 Å². The minimum Gasteiger partial charge on any atom is -0.313 e. The van der Waals surface area contributed by atoms with Gasteiger partial charge in [-0.15, -0.1) is 11.3 Å². The van der Waals surface area contributed by atoms with Crippen LogP contribution in [0.25, 0.3) is 0 Å². The molecule has 1 heterocycles. The second-order valence-electron chi connectivity index (χ2n) is 6.79. The van der Waals surface area contributed by atoms with Crippen LogP contribution in [-0.4, -0.2) is 17.6 Å². The van der Waals surface area contributed by atoms with Gasteiger partial charge in [0.05, 0.1) is 5.01 Å². The van der Waals surface area contributed by atoms with Gasteiger partial charge >= 0.3 is 0 Å². The third-order valence-corrected chi connectivity index (χ3v) is 6.85. The first-order chi connectivity index (χ1) is 8.54. The monoisotopic (exact) mass is 264 g/mol. The van der Waals surface area contributed by atoms with Gasteiger partial charge in [0.1, 0.15) is 0 Å². The van der Waals surface area contributed by atoms with Crippen molar-refractivity contribution in [3.8, 4) is 0 Å². The summed E-state index contributed by atoms with van der Waals surface area (Å²) in [7, 11) is 0. The molecule has 18 heavy (non-hydrogen) atoms. The van der Waals surface area contributed by atoms with E-state index < -0.39 is 0 Å². The van der Waals surface area contributed by atoms with E-state index in [0.717, 1.165) is 18.9 Å². The van der Waals surface area contributed by atoms with E-state index in [1.165, 1.54) is 24.3 Å². The molecule has 100 valence electrons. The average Bonchev–Trinajstić information content (AvgIpc) is 2.95. The molecule has 1 aromatic rings. The summed E-state index contributed by atoms with van der Waals surface area (Å²) >= 11 is 1.77. The lowest BCUT2D eigenvalue weighted by Gasteiger charge is -2.39. The third kappa shape index (κ3) is 1.75. The lowest BCUT2D eigenvalue weighted by molar-refractivity contribution is 0.121. The van der Waals surface area contributed by atoms with Gasteiger partial charge in [0.15, 0.2) is 0 Å². The van der Waals surface area contributed by atoms with Gasteiger partial charge in [-0.3, -0.25) is 0 Å². The molecule has 1 aromatic heterocycles. The van der Waals surface area contributed by atoms with Crippen molar-refractivity contribution in [1.29, 1.82) is 0 Å². The largest absolute Gasteiger partial charge is 0.313 e. The van der Waals surface area contributed by atoms with Crippen LogP contribution in [0.1, 0.15) is 45.0 Å². The van der Waals surface area contributed by atoms with Crippen LogP contribution >= 0.6 is 11.3 Å². The van der Waals surface area contributed by atoms with E-state index >= 15 is 0 Å². The van der Waals surface area contributed by atoms with Crippen LogP contribution in [0.5, 0.6) is 0 Å². The Bertz CT molecular complexity index is 412. The van der Waals surface area contributed by atoms with E-state index in [0.29, 0.717) is 16.9 Å². The van der Waals surface area contributed by atoms with E-state index in [9.17, 15) is 0 Å². The van der Waals surface area contributed by atoms with Crippen molar-refractivity contribution >= 4 is 11.3 Å². The average molecular weight is 264 g/mol. The minimum absolute atomic E-state index is 0.501. The molecule has 0 spiro atoms. The summed E-state index contributed by atoms with van der Waals surface area (Å²) < 4.78 is 0. The quantitative estimate of drug-likeness (QED) is 0.900. The van der Waals surface area contributed by atoms with Crippen molar-refractivity contribution in [2.24, 2.45) is 16.7 Å². The SMILES string of the molecule is CC1(C)C2CCC1(C)C(NCCc1nccs1)C2. The van der Waals surface area contributed by atoms with Gasteiger partial charge in [-0.2, -0.15) is 0 Å². The summed E-state index contributed by atoms with van der Waals surface area (Å²) in [6, 6.07) is 0.714. The van der Waals surface area contributed by atoms with Gasteiger partial charge < -0.3 is 5.32 Å². The van der Waals surface area contributed by atoms with Crippen molar-refractivity contribution in [1.82, 2.24) is 10.3 Å². The molecular formula is C15H24N2S. The molecule has 2 bridgehead atoms. The molecule has 1 N–H and O–H groups in total. The number of rotatable bonds is 4. The Balaban J connectivity index is 1.59. The molecule has 0 aliphatic heterocycles. The summed E-state index contributed by atoms with van der Waals surface area (Å²) in [6.07, 6.45) is 7.20. The molecule has 2 aliphatic rings. The van der Waals surface area contributed by atoms with Gasteiger partial charge in [0.25, 0.3) is 0 Å². The zero-order valence-corrected chi connectivity index (χ0v) is 12.5. The van der Waals surface area contributed by atoms with E-state index in [2.05, 4.69) is 36.5 Å². The smallest absolute Gasteiger partial charge is 0.0937 e. The molecule has 3 unspecified atom stereocenters. The van der Waals surface area contributed by atoms with Crippen LogP contribution in [-0.2, 0) is 6.42 Å². The number of hydrogen-bond acceptors (Lipinski definition) is 3. The van der Waals surface area contributed by atoms with Crippen LogP contribution in [0.4, 0.5) is 0 Å². The highest BCUT2D eigenvalue weighted by atomic mass is 32.1. The van der Waals surface area contributed by atoms with E-state index in [-0.39, 0.29) is 0 Å². The van der Waals surface area contributed by atoms with Gasteiger partial charge in [0.2, 0.25) is 0 Å². The molecule has 2 aliphatic carbocycles. The molecular weight excluding hydrogens is 240 g/mol. The van der Waals surface area contributed by atoms with E-state index in [1.807, 2.05) is 6.20 Å². The number of fused-ring (bicyclic) bond motifs is 2. The predicted octanol–water partition coefficient (Wildman–Crippen LogP) is 3.49. The summed E-state index contributed by atoms with van der Waals surface area (Å²) in [5.74, 6) is 0.930. The van der Waals surface area contributed by atoms with Gasteiger partial charge in [-0.05, 0) is 36.0 Å². The normalized spacial score (nSPS) is 37.3. The Hall–Kier alpha value is -0.410. The topological polar surface area (TPSA) is 24.9 Å². The summed E-state index contributed by atoms with van der Waals surface area (Å²) in [4.78, 5) is 4.35. The molecule has 0 amide bonds. The maximum atomic E-state index is 4.35. The first kappa shape index (κ1) is 12.6. The Morgan fingerprint density at radius 2 is 2.28 bits per heavy atom. The molecule has 0 aromatic carbocycles. The molecule has 2 nitrogen and oxygen atoms in total. The van der Waals surface area contributed by atoms with Gasteiger partial charge in [-0.25, -0.2) is 4.98 Å². The summed E-state index contributed by atoms with van der Waals surface area (Å²) in [5.41, 5.74) is 1.02. The first-order valence-corrected chi connectivity index (χ1v) is 8.04. The number of thiazole rings is 1. The van der Waals surface area contributed by atoms with Crippen molar-refractivity contribution in [2.45, 2.75) is 52.5 Å². The Kier molecular flexibility index (Phi) is 3.02. The number of nitrogens with zero attached hydrogens (tertiary/aromatic N) is 1. The molecule has 0 saturated heterocycles. The lowest BCUT2D eigenvalue weighted by Crippen LogP contribution is -2.45. The maximum absolute atomic E-state index is 4.35. The third-order valence-electron chi connectivity index (χ3n) is 6.01. The highest BCUT2D eigenvalue weighted by Crippen LogP contribution is 2.65. The van der Waals surface area contributed by atoms with Crippen LogP contribution in [0.15, 0.2) is 11.6 Å². The molecule has 3 heteroatoms. The highest BCUT2D eigenvalue weighted by Gasteiger charge is 2.60. The van der Waals surface area contributed by atoms with Gasteiger partial charge in [-0.1, -0.05) is 20.8 Å². The predicted molar refractivity (Wildman–Crippen MR) is 76.8 cm³/mol. The van der Waals surface area contributed by atoms with Crippen LogP contribution in [0.2, 0.25) is 0 Å². The van der Waals surface area contributed by atoms with Crippen molar-refractivity contribution < 1.29 is 0 Å². The fraction of sp³-hybridized carbons (Fsp3) is 0.800. The lowest BCUT2D eigenvalue weighted by atomic mass is 9.69. The van der Waals surface area contributed by atoms with E-state index in [1.54, 1.807) is 11.3 Å². The Morgan fingerprint density at radius 3 is 2.83 bits per heavy atom. The zero-order chi connectivity index (χ0) is 12.8. The number of aromatic nitrogens is 1. The second-order valence-corrected chi connectivity index (χ2v) is 7.77. The highest BCUT2D eigenvalue weighted by molar-refractivity contribution is 7.09. The van der Waals surface area contributed by atoms with Crippen molar-refractivity contribution in [3.05, 3.63) is 16.6 Å². The van der Waals surface area contributed by atoms with Gasteiger partial charge in [0, 0.05) is 30.6 Å². The molecule has 3 atom stereocenters. The summed E-state index contributed by atoms with van der Waals surface area (Å²) in [6.45, 7) is 8.54. The summed E-state index contributed by atoms with van der Waals surface area (Å²) in [5, 5.41) is 7.14. The fourth-order valence-corrected chi connectivity index (χ4v) is 4.86. The fourth-order valence-electron chi connectivity index (χ4n) is 4.24. The minimum atomic E-state index is 0.501. The first-order valence-electron chi connectivity index (χ1n) is 7.16. The van der Waals surface area contributed by atoms with Crippen LogP contribution in [0.3, 0.4) is 0 Å². The number of nitrogens with one attached hydrogen (secondary N) is 1. The second kappa shape index (κ2) is 4.31. The Morgan fingerprint density at radius 1 is 1.44 bits per heavy atom. The molecule has 2 saturated carbocycles. The maximum Gasteiger partial charge on any atom is 0.0937 e. The Labute approximate surface area is 114 Å². The van der Waals surface area contributed by atoms with Crippen molar-refractivity contribution in [2.75, 3.05) is 6.54 Å².